The van der Waals surface area contributed by atoms with Crippen molar-refractivity contribution in [1.29, 1.82) is 0 Å². The van der Waals surface area contributed by atoms with E-state index < -0.39 is 17.5 Å². The van der Waals surface area contributed by atoms with Crippen LogP contribution in [-0.2, 0) is 0 Å². The third-order valence-corrected chi connectivity index (χ3v) is 3.00. The molecule has 2 heterocycles. The Balaban J connectivity index is 1.95. The van der Waals surface area contributed by atoms with Crippen molar-refractivity contribution in [3.8, 4) is 0 Å². The van der Waals surface area contributed by atoms with E-state index in [0.717, 1.165) is 29.6 Å². The lowest BCUT2D eigenvalue weighted by molar-refractivity contribution is 0.101. The summed E-state index contributed by atoms with van der Waals surface area (Å²) in [4.78, 5) is 20.2. The van der Waals surface area contributed by atoms with Crippen molar-refractivity contribution >= 4 is 17.4 Å². The number of carbonyl (C=O) groups is 1. The zero-order valence-corrected chi connectivity index (χ0v) is 11.8. The van der Waals surface area contributed by atoms with Crippen molar-refractivity contribution in [3.63, 3.8) is 0 Å². The van der Waals surface area contributed by atoms with Crippen LogP contribution < -0.4 is 5.32 Å². The third-order valence-electron chi connectivity index (χ3n) is 3.00. The number of aromatic nitrogens is 4. The minimum Gasteiger partial charge on any atom is -0.317 e. The van der Waals surface area contributed by atoms with Gasteiger partial charge in [0.2, 0.25) is 5.82 Å². The minimum absolute atomic E-state index is 0.176. The van der Waals surface area contributed by atoms with Crippen LogP contribution in [0.3, 0.4) is 0 Å². The number of amides is 1. The van der Waals surface area contributed by atoms with Gasteiger partial charge in [0, 0.05) is 17.5 Å². The Morgan fingerprint density at radius 1 is 1.18 bits per heavy atom. The van der Waals surface area contributed by atoms with Crippen molar-refractivity contribution in [2.24, 2.45) is 0 Å². The van der Waals surface area contributed by atoms with Crippen LogP contribution >= 0.6 is 0 Å². The Morgan fingerprint density at radius 3 is 2.73 bits per heavy atom. The zero-order chi connectivity index (χ0) is 15.9. The van der Waals surface area contributed by atoms with Gasteiger partial charge in [-0.25, -0.2) is 18.3 Å². The standard InChI is InChI=1S/C14H11F2N5O/c1-7-5-8(2)21-14(17-7)19-12(20-21)13(22)18-11-6-9(15)3-4-10(11)16/h3-6H,1-2H3,(H,18,22). The first-order valence-corrected chi connectivity index (χ1v) is 6.41. The van der Waals surface area contributed by atoms with Crippen LogP contribution in [0.5, 0.6) is 0 Å². The molecule has 0 saturated carbocycles. The lowest BCUT2D eigenvalue weighted by Crippen LogP contribution is -2.15. The smallest absolute Gasteiger partial charge is 0.295 e. The normalized spacial score (nSPS) is 10.9. The average Bonchev–Trinajstić information content (AvgIpc) is 2.87. The first kappa shape index (κ1) is 14.1. The summed E-state index contributed by atoms with van der Waals surface area (Å²) < 4.78 is 28.0. The first-order valence-electron chi connectivity index (χ1n) is 6.41. The number of aryl methyl sites for hydroxylation is 2. The highest BCUT2D eigenvalue weighted by Gasteiger charge is 2.17. The van der Waals surface area contributed by atoms with Crippen LogP contribution in [0, 0.1) is 25.5 Å². The van der Waals surface area contributed by atoms with Crippen molar-refractivity contribution in [2.45, 2.75) is 13.8 Å². The third kappa shape index (κ3) is 2.50. The van der Waals surface area contributed by atoms with E-state index >= 15 is 0 Å². The number of halogens is 2. The Morgan fingerprint density at radius 2 is 1.95 bits per heavy atom. The lowest BCUT2D eigenvalue weighted by atomic mass is 10.3. The summed E-state index contributed by atoms with van der Waals surface area (Å²) in [7, 11) is 0. The topological polar surface area (TPSA) is 72.2 Å². The van der Waals surface area contributed by atoms with Gasteiger partial charge in [-0.1, -0.05) is 0 Å². The molecule has 1 aromatic carbocycles. The number of nitrogens with zero attached hydrogens (tertiary/aromatic N) is 4. The molecule has 0 bridgehead atoms. The predicted octanol–water partition coefficient (Wildman–Crippen LogP) is 2.27. The molecule has 6 nitrogen and oxygen atoms in total. The van der Waals surface area contributed by atoms with Crippen LogP contribution in [0.4, 0.5) is 14.5 Å². The molecule has 1 N–H and O–H groups in total. The van der Waals surface area contributed by atoms with E-state index in [1.807, 2.05) is 0 Å². The van der Waals surface area contributed by atoms with E-state index in [2.05, 4.69) is 20.4 Å². The molecule has 0 fully saturated rings. The van der Waals surface area contributed by atoms with Gasteiger partial charge in [-0.3, -0.25) is 4.79 Å². The number of fused-ring (bicyclic) bond motifs is 1. The number of anilines is 1. The molecule has 8 heteroatoms. The van der Waals surface area contributed by atoms with Gasteiger partial charge in [0.25, 0.3) is 11.7 Å². The Labute approximate surface area is 123 Å². The molecule has 0 aliphatic rings. The van der Waals surface area contributed by atoms with Gasteiger partial charge >= 0.3 is 0 Å². The number of carbonyl (C=O) groups excluding carboxylic acids is 1. The molecule has 22 heavy (non-hydrogen) atoms. The van der Waals surface area contributed by atoms with E-state index in [1.165, 1.54) is 4.52 Å². The molecule has 0 unspecified atom stereocenters. The highest BCUT2D eigenvalue weighted by atomic mass is 19.1. The quantitative estimate of drug-likeness (QED) is 0.788. The highest BCUT2D eigenvalue weighted by molar-refractivity contribution is 6.01. The molecule has 112 valence electrons. The maximum atomic E-state index is 13.5. The fourth-order valence-corrected chi connectivity index (χ4v) is 2.03. The maximum absolute atomic E-state index is 13.5. The van der Waals surface area contributed by atoms with Gasteiger partial charge < -0.3 is 5.32 Å². The van der Waals surface area contributed by atoms with Crippen LogP contribution in [0.1, 0.15) is 22.0 Å². The monoisotopic (exact) mass is 303 g/mol. The number of nitrogens with one attached hydrogen (secondary N) is 1. The van der Waals surface area contributed by atoms with E-state index in [-0.39, 0.29) is 17.3 Å². The van der Waals surface area contributed by atoms with Gasteiger partial charge in [0.1, 0.15) is 11.6 Å². The summed E-state index contributed by atoms with van der Waals surface area (Å²) >= 11 is 0. The Kier molecular flexibility index (Phi) is 3.28. The van der Waals surface area contributed by atoms with Crippen LogP contribution in [0.2, 0.25) is 0 Å². The van der Waals surface area contributed by atoms with E-state index in [1.54, 1.807) is 19.9 Å². The summed E-state index contributed by atoms with van der Waals surface area (Å²) in [5, 5.41) is 6.26. The second-order valence-corrected chi connectivity index (χ2v) is 4.76. The van der Waals surface area contributed by atoms with Crippen molar-refractivity contribution in [2.75, 3.05) is 5.32 Å². The van der Waals surface area contributed by atoms with Crippen LogP contribution in [0.25, 0.3) is 5.78 Å². The summed E-state index contributed by atoms with van der Waals surface area (Å²) in [5.41, 5.74) is 1.22. The molecule has 0 saturated heterocycles. The van der Waals surface area contributed by atoms with Gasteiger partial charge in [-0.15, -0.1) is 5.10 Å². The molecule has 0 aliphatic carbocycles. The summed E-state index contributed by atoms with van der Waals surface area (Å²) in [6, 6.07) is 4.56. The van der Waals surface area contributed by atoms with Gasteiger partial charge in [0.05, 0.1) is 5.69 Å². The molecule has 1 amide bonds. The number of rotatable bonds is 2. The zero-order valence-electron chi connectivity index (χ0n) is 11.8. The number of hydrogen-bond donors (Lipinski definition) is 1. The number of benzene rings is 1. The van der Waals surface area contributed by atoms with Crippen LogP contribution in [-0.4, -0.2) is 25.5 Å². The van der Waals surface area contributed by atoms with Gasteiger partial charge in [-0.2, -0.15) is 4.98 Å². The molecule has 0 spiro atoms. The highest BCUT2D eigenvalue weighted by Crippen LogP contribution is 2.16. The largest absolute Gasteiger partial charge is 0.317 e. The van der Waals surface area contributed by atoms with Crippen molar-refractivity contribution < 1.29 is 13.6 Å². The van der Waals surface area contributed by atoms with E-state index in [9.17, 15) is 13.6 Å². The second kappa shape index (κ2) is 5.14. The fourth-order valence-electron chi connectivity index (χ4n) is 2.03. The molecule has 0 radical (unpaired) electrons. The molecule has 3 rings (SSSR count). The average molecular weight is 303 g/mol. The van der Waals surface area contributed by atoms with Crippen molar-refractivity contribution in [1.82, 2.24) is 19.6 Å². The lowest BCUT2D eigenvalue weighted by Gasteiger charge is -2.03. The molecular formula is C14H11F2N5O. The van der Waals surface area contributed by atoms with E-state index in [0.29, 0.717) is 0 Å². The number of hydrogen-bond acceptors (Lipinski definition) is 4. The minimum atomic E-state index is -0.747. The molecular weight excluding hydrogens is 292 g/mol. The predicted molar refractivity (Wildman–Crippen MR) is 74.6 cm³/mol. The Bertz CT molecular complexity index is 890. The summed E-state index contributed by atoms with van der Waals surface area (Å²) in [6.45, 7) is 3.59. The fraction of sp³-hybridized carbons (Fsp3) is 0.143. The molecule has 2 aromatic heterocycles. The SMILES string of the molecule is Cc1cc(C)n2nc(C(=O)Nc3cc(F)ccc3F)nc2n1. The van der Waals surface area contributed by atoms with Crippen molar-refractivity contribution in [3.05, 3.63) is 53.1 Å². The van der Waals surface area contributed by atoms with Gasteiger partial charge in [-0.05, 0) is 32.0 Å². The van der Waals surface area contributed by atoms with E-state index in [4.69, 9.17) is 0 Å². The summed E-state index contributed by atoms with van der Waals surface area (Å²) in [6.07, 6.45) is 0. The molecule has 0 atom stereocenters. The second-order valence-electron chi connectivity index (χ2n) is 4.76. The van der Waals surface area contributed by atoms with Crippen LogP contribution in [0.15, 0.2) is 24.3 Å². The molecule has 0 aliphatic heterocycles. The molecule has 3 aromatic rings. The first-order chi connectivity index (χ1) is 10.4. The summed E-state index contributed by atoms with van der Waals surface area (Å²) in [5.74, 6) is -2.06. The van der Waals surface area contributed by atoms with Gasteiger partial charge in [0.15, 0.2) is 0 Å². The Hall–Kier alpha value is -2.90. The maximum Gasteiger partial charge on any atom is 0.295 e.